The van der Waals surface area contributed by atoms with E-state index < -0.39 is 12.0 Å². The fraction of sp³-hybridized carbons (Fsp3) is 0.444. The van der Waals surface area contributed by atoms with E-state index in [2.05, 4.69) is 15.0 Å². The second kappa shape index (κ2) is 4.93. The zero-order valence-electron chi connectivity index (χ0n) is 9.23. The molecule has 0 aliphatic heterocycles. The van der Waals surface area contributed by atoms with Crippen molar-refractivity contribution in [2.45, 2.75) is 19.8 Å². The number of nitrogens with one attached hydrogen (secondary N) is 1. The molecule has 0 aliphatic carbocycles. The summed E-state index contributed by atoms with van der Waals surface area (Å²) in [6.07, 6.45) is 0. The van der Waals surface area contributed by atoms with Crippen LogP contribution in [0.25, 0.3) is 0 Å². The SMILES string of the molecule is COC(=O)c1nc(NC(N)=O)sc1C(C)C. The first kappa shape index (κ1) is 12.4. The molecule has 0 saturated heterocycles. The average Bonchev–Trinajstić information content (AvgIpc) is 2.59. The number of carbonyl (C=O) groups excluding carboxylic acids is 2. The Kier molecular flexibility index (Phi) is 3.83. The van der Waals surface area contributed by atoms with Crippen molar-refractivity contribution in [3.8, 4) is 0 Å². The van der Waals surface area contributed by atoms with Crippen molar-refractivity contribution in [3.05, 3.63) is 10.6 Å². The number of thiazole rings is 1. The summed E-state index contributed by atoms with van der Waals surface area (Å²) < 4.78 is 4.61. The molecule has 0 spiro atoms. The molecule has 0 fully saturated rings. The molecule has 88 valence electrons. The number of aromatic nitrogens is 1. The lowest BCUT2D eigenvalue weighted by atomic mass is 10.1. The van der Waals surface area contributed by atoms with Gasteiger partial charge in [0.15, 0.2) is 10.8 Å². The first-order chi connectivity index (χ1) is 7.45. The van der Waals surface area contributed by atoms with Gasteiger partial charge in [-0.15, -0.1) is 11.3 Å². The van der Waals surface area contributed by atoms with Gasteiger partial charge in [-0.3, -0.25) is 5.32 Å². The molecule has 0 radical (unpaired) electrons. The van der Waals surface area contributed by atoms with Crippen LogP contribution in [-0.2, 0) is 4.74 Å². The number of ether oxygens (including phenoxy) is 1. The second-order valence-electron chi connectivity index (χ2n) is 3.37. The van der Waals surface area contributed by atoms with Crippen molar-refractivity contribution in [2.24, 2.45) is 5.73 Å². The largest absolute Gasteiger partial charge is 0.464 e. The van der Waals surface area contributed by atoms with E-state index in [1.165, 1.54) is 18.4 Å². The number of primary amides is 1. The molecule has 6 nitrogen and oxygen atoms in total. The van der Waals surface area contributed by atoms with E-state index in [1.54, 1.807) is 0 Å². The number of nitrogens with two attached hydrogens (primary N) is 1. The van der Waals surface area contributed by atoms with Gasteiger partial charge >= 0.3 is 12.0 Å². The first-order valence-corrected chi connectivity index (χ1v) is 5.42. The van der Waals surface area contributed by atoms with Gasteiger partial charge in [-0.25, -0.2) is 14.6 Å². The highest BCUT2D eigenvalue weighted by Gasteiger charge is 2.21. The molecule has 1 rings (SSSR count). The van der Waals surface area contributed by atoms with Crippen molar-refractivity contribution >= 4 is 28.5 Å². The second-order valence-corrected chi connectivity index (χ2v) is 4.40. The topological polar surface area (TPSA) is 94.3 Å². The van der Waals surface area contributed by atoms with Gasteiger partial charge in [0.25, 0.3) is 0 Å². The Morgan fingerprint density at radius 1 is 1.50 bits per heavy atom. The summed E-state index contributed by atoms with van der Waals surface area (Å²) >= 11 is 1.22. The lowest BCUT2D eigenvalue weighted by Crippen LogP contribution is -2.19. The number of methoxy groups -OCH3 is 1. The number of hydrogen-bond donors (Lipinski definition) is 2. The van der Waals surface area contributed by atoms with Gasteiger partial charge in [0.05, 0.1) is 7.11 Å². The van der Waals surface area contributed by atoms with E-state index in [0.717, 1.165) is 4.88 Å². The zero-order chi connectivity index (χ0) is 12.3. The van der Waals surface area contributed by atoms with Gasteiger partial charge < -0.3 is 10.5 Å². The van der Waals surface area contributed by atoms with Crippen LogP contribution in [0.2, 0.25) is 0 Å². The summed E-state index contributed by atoms with van der Waals surface area (Å²) in [6.45, 7) is 3.85. The lowest BCUT2D eigenvalue weighted by molar-refractivity contribution is 0.0593. The Morgan fingerprint density at radius 2 is 2.12 bits per heavy atom. The molecule has 16 heavy (non-hydrogen) atoms. The van der Waals surface area contributed by atoms with Crippen LogP contribution in [0.1, 0.15) is 35.1 Å². The maximum Gasteiger partial charge on any atom is 0.357 e. The number of carbonyl (C=O) groups is 2. The molecule has 3 N–H and O–H groups in total. The summed E-state index contributed by atoms with van der Waals surface area (Å²) in [5.74, 6) is -0.396. The third-order valence-corrected chi connectivity index (χ3v) is 3.06. The number of rotatable bonds is 3. The fourth-order valence-electron chi connectivity index (χ4n) is 1.13. The van der Waals surface area contributed by atoms with E-state index >= 15 is 0 Å². The summed E-state index contributed by atoms with van der Waals surface area (Å²) in [6, 6.07) is -0.708. The van der Waals surface area contributed by atoms with E-state index in [0.29, 0.717) is 5.13 Å². The standard InChI is InChI=1S/C9H13N3O3S/c1-4(2)6-5(7(13)15-3)11-9(16-6)12-8(10)14/h4H,1-3H3,(H3,10,11,12,14). The van der Waals surface area contributed by atoms with Crippen LogP contribution in [0.4, 0.5) is 9.93 Å². The van der Waals surface area contributed by atoms with Crippen molar-refractivity contribution in [2.75, 3.05) is 12.4 Å². The van der Waals surface area contributed by atoms with Crippen LogP contribution in [0.5, 0.6) is 0 Å². The van der Waals surface area contributed by atoms with Crippen LogP contribution >= 0.6 is 11.3 Å². The van der Waals surface area contributed by atoms with E-state index in [9.17, 15) is 9.59 Å². The number of esters is 1. The Labute approximate surface area is 96.8 Å². The van der Waals surface area contributed by atoms with Crippen molar-refractivity contribution < 1.29 is 14.3 Å². The van der Waals surface area contributed by atoms with Crippen LogP contribution in [0.15, 0.2) is 0 Å². The molecule has 0 atom stereocenters. The van der Waals surface area contributed by atoms with E-state index in [4.69, 9.17) is 5.73 Å². The first-order valence-electron chi connectivity index (χ1n) is 4.61. The number of nitrogens with zero attached hydrogens (tertiary/aromatic N) is 1. The number of urea groups is 1. The number of hydrogen-bond acceptors (Lipinski definition) is 5. The molecule has 1 heterocycles. The van der Waals surface area contributed by atoms with Gasteiger partial charge in [0.1, 0.15) is 0 Å². The molecule has 1 aromatic rings. The molecule has 1 aromatic heterocycles. The fourth-order valence-corrected chi connectivity index (χ4v) is 2.08. The molecule has 0 aliphatic rings. The highest BCUT2D eigenvalue weighted by atomic mass is 32.1. The van der Waals surface area contributed by atoms with Gasteiger partial charge in [0, 0.05) is 4.88 Å². The zero-order valence-corrected chi connectivity index (χ0v) is 10.1. The predicted octanol–water partition coefficient (Wildman–Crippen LogP) is 1.54. The Hall–Kier alpha value is -1.63. The van der Waals surface area contributed by atoms with Crippen LogP contribution < -0.4 is 11.1 Å². The van der Waals surface area contributed by atoms with Gasteiger partial charge in [-0.05, 0) is 5.92 Å². The van der Waals surface area contributed by atoms with Gasteiger partial charge in [-0.2, -0.15) is 0 Å². The predicted molar refractivity (Wildman–Crippen MR) is 60.7 cm³/mol. The van der Waals surface area contributed by atoms with Crippen molar-refractivity contribution in [1.82, 2.24) is 4.98 Å². The Morgan fingerprint density at radius 3 is 2.56 bits per heavy atom. The monoisotopic (exact) mass is 243 g/mol. The quantitative estimate of drug-likeness (QED) is 0.787. The maximum absolute atomic E-state index is 11.4. The van der Waals surface area contributed by atoms with Crippen LogP contribution in [-0.4, -0.2) is 24.1 Å². The van der Waals surface area contributed by atoms with Crippen molar-refractivity contribution in [1.29, 1.82) is 0 Å². The Balaban J connectivity index is 3.09. The molecule has 2 amide bonds. The molecular weight excluding hydrogens is 230 g/mol. The summed E-state index contributed by atoms with van der Waals surface area (Å²) in [5.41, 5.74) is 5.20. The molecular formula is C9H13N3O3S. The minimum absolute atomic E-state index is 0.120. The third-order valence-electron chi connectivity index (χ3n) is 1.79. The Bertz CT molecular complexity index is 414. The van der Waals surface area contributed by atoms with Gasteiger partial charge in [0.2, 0.25) is 0 Å². The number of anilines is 1. The van der Waals surface area contributed by atoms with Gasteiger partial charge in [-0.1, -0.05) is 13.8 Å². The molecule has 7 heteroatoms. The average molecular weight is 243 g/mol. The minimum Gasteiger partial charge on any atom is -0.464 e. The third kappa shape index (κ3) is 2.69. The summed E-state index contributed by atoms with van der Waals surface area (Å²) in [5, 5.41) is 2.64. The smallest absolute Gasteiger partial charge is 0.357 e. The highest BCUT2D eigenvalue weighted by Crippen LogP contribution is 2.30. The lowest BCUT2D eigenvalue weighted by Gasteiger charge is -2.02. The molecule has 0 unspecified atom stereocenters. The normalized spacial score (nSPS) is 10.2. The minimum atomic E-state index is -0.708. The number of amides is 2. The summed E-state index contributed by atoms with van der Waals surface area (Å²) in [7, 11) is 1.28. The highest BCUT2D eigenvalue weighted by molar-refractivity contribution is 7.16. The summed E-state index contributed by atoms with van der Waals surface area (Å²) in [4.78, 5) is 26.8. The molecule has 0 aromatic carbocycles. The van der Waals surface area contributed by atoms with Crippen LogP contribution in [0.3, 0.4) is 0 Å². The van der Waals surface area contributed by atoms with E-state index in [-0.39, 0.29) is 11.6 Å². The molecule has 0 saturated carbocycles. The molecule has 0 bridgehead atoms. The van der Waals surface area contributed by atoms with Crippen LogP contribution in [0, 0.1) is 0 Å². The van der Waals surface area contributed by atoms with Crippen molar-refractivity contribution in [3.63, 3.8) is 0 Å². The van der Waals surface area contributed by atoms with E-state index in [1.807, 2.05) is 13.8 Å². The maximum atomic E-state index is 11.4.